The molecule has 0 amide bonds. The van der Waals surface area contributed by atoms with Gasteiger partial charge in [0.25, 0.3) is 10.0 Å². The number of benzene rings is 3. The molecule has 0 fully saturated rings. The van der Waals surface area contributed by atoms with E-state index in [4.69, 9.17) is 0 Å². The predicted molar refractivity (Wildman–Crippen MR) is 125 cm³/mol. The van der Waals surface area contributed by atoms with Crippen LogP contribution < -0.4 is 9.62 Å². The van der Waals surface area contributed by atoms with Crippen molar-refractivity contribution in [3.8, 4) is 0 Å². The van der Waals surface area contributed by atoms with Crippen LogP contribution in [0.3, 0.4) is 0 Å². The van der Waals surface area contributed by atoms with Crippen LogP contribution in [0.1, 0.15) is 32.6 Å². The monoisotopic (exact) mass is 432 g/mol. The maximum absolute atomic E-state index is 13.5. The van der Waals surface area contributed by atoms with Gasteiger partial charge in [0.2, 0.25) is 5.78 Å². The summed E-state index contributed by atoms with van der Waals surface area (Å²) in [7, 11) is -4.04. The fraction of sp³-hybridized carbons (Fsp3) is 0.160. The zero-order valence-corrected chi connectivity index (χ0v) is 18.5. The number of fused-ring (bicyclic) bond motifs is 1. The molecule has 0 unspecified atom stereocenters. The maximum atomic E-state index is 13.5. The van der Waals surface area contributed by atoms with Gasteiger partial charge < -0.3 is 5.32 Å². The lowest BCUT2D eigenvalue weighted by Crippen LogP contribution is -2.39. The highest BCUT2D eigenvalue weighted by molar-refractivity contribution is 7.97. The normalized spacial score (nSPS) is 16.3. The van der Waals surface area contributed by atoms with E-state index in [-0.39, 0.29) is 11.4 Å². The summed E-state index contributed by atoms with van der Waals surface area (Å²) in [4.78, 5) is 12.9. The van der Waals surface area contributed by atoms with E-state index in [1.165, 1.54) is 10.5 Å². The number of anilines is 2. The summed E-state index contributed by atoms with van der Waals surface area (Å²) in [5.41, 5.74) is 5.55. The fourth-order valence-electron chi connectivity index (χ4n) is 3.67. The molecule has 3 aromatic carbocycles. The van der Waals surface area contributed by atoms with E-state index in [9.17, 15) is 13.2 Å². The molecule has 31 heavy (non-hydrogen) atoms. The summed E-state index contributed by atoms with van der Waals surface area (Å²) >= 11 is 0. The van der Waals surface area contributed by atoms with E-state index in [1.807, 2.05) is 63.2 Å². The van der Waals surface area contributed by atoms with Gasteiger partial charge in [0.1, 0.15) is 0 Å². The van der Waals surface area contributed by atoms with E-state index in [2.05, 4.69) is 5.32 Å². The van der Waals surface area contributed by atoms with E-state index >= 15 is 0 Å². The van der Waals surface area contributed by atoms with Crippen LogP contribution in [0.5, 0.6) is 0 Å². The predicted octanol–water partition coefficient (Wildman–Crippen LogP) is 5.10. The summed E-state index contributed by atoms with van der Waals surface area (Å²) in [5, 5.41) is 3.03. The van der Waals surface area contributed by atoms with E-state index in [1.54, 1.807) is 24.3 Å². The molecule has 0 aliphatic carbocycles. The molecule has 0 saturated carbocycles. The van der Waals surface area contributed by atoms with Gasteiger partial charge in [-0.15, -0.1) is 0 Å². The second-order valence-corrected chi connectivity index (χ2v) is 9.65. The Morgan fingerprint density at radius 1 is 0.903 bits per heavy atom. The van der Waals surface area contributed by atoms with Gasteiger partial charge in [-0.1, -0.05) is 59.7 Å². The lowest BCUT2D eigenvalue weighted by molar-refractivity contribution is 0.104. The van der Waals surface area contributed by atoms with Crippen molar-refractivity contribution in [2.75, 3.05) is 9.62 Å². The van der Waals surface area contributed by atoms with Crippen LogP contribution in [-0.4, -0.2) is 14.2 Å². The molecule has 0 saturated heterocycles. The number of rotatable bonds is 4. The highest BCUT2D eigenvalue weighted by atomic mass is 32.2. The minimum Gasteiger partial charge on any atom is -0.360 e. The number of allylic oxidation sites excluding steroid dienone is 1. The Morgan fingerprint density at radius 2 is 1.58 bits per heavy atom. The number of carbonyl (C=O) groups excluding carboxylic acids is 1. The van der Waals surface area contributed by atoms with Gasteiger partial charge in [-0.25, -0.2) is 8.42 Å². The van der Waals surface area contributed by atoms with Crippen LogP contribution in [0.15, 0.2) is 77.8 Å². The largest absolute Gasteiger partial charge is 0.360 e. The number of ketones is 1. The van der Waals surface area contributed by atoms with Crippen molar-refractivity contribution >= 4 is 27.2 Å². The number of Topliss-reactive ketones (excluding diaryl/α,β-unsaturated/α-hetero) is 1. The highest BCUT2D eigenvalue weighted by Crippen LogP contribution is 2.36. The molecule has 6 heteroatoms. The average molecular weight is 433 g/mol. The average Bonchev–Trinajstić information content (AvgIpc) is 2.73. The molecule has 1 heterocycles. The van der Waals surface area contributed by atoms with Crippen molar-refractivity contribution < 1.29 is 13.2 Å². The smallest absolute Gasteiger partial charge is 0.270 e. The lowest BCUT2D eigenvalue weighted by atomic mass is 10.1. The molecule has 4 rings (SSSR count). The summed E-state index contributed by atoms with van der Waals surface area (Å²) in [6, 6.07) is 20.3. The molecule has 158 valence electrons. The minimum absolute atomic E-state index is 0.147. The van der Waals surface area contributed by atoms with Crippen LogP contribution in [0, 0.1) is 20.8 Å². The molecule has 1 N–H and O–H groups in total. The number of aryl methyl sites for hydroxylation is 3. The number of para-hydroxylation sites is 1. The first kappa shape index (κ1) is 20.9. The van der Waals surface area contributed by atoms with Crippen LogP contribution in [0.2, 0.25) is 0 Å². The van der Waals surface area contributed by atoms with Gasteiger partial charge in [-0.2, -0.15) is 0 Å². The van der Waals surface area contributed by atoms with Crippen molar-refractivity contribution in [1.29, 1.82) is 0 Å². The molecule has 0 radical (unpaired) electrons. The highest BCUT2D eigenvalue weighted by Gasteiger charge is 2.40. The Kier molecular flexibility index (Phi) is 5.41. The Balaban J connectivity index is 1.78. The van der Waals surface area contributed by atoms with Gasteiger partial charge in [0, 0.05) is 17.5 Å². The number of carbonyl (C=O) groups is 1. The molecule has 0 atom stereocenters. The minimum atomic E-state index is -4.04. The summed E-state index contributed by atoms with van der Waals surface area (Å²) in [6.45, 7) is 6.05. The van der Waals surface area contributed by atoms with Crippen molar-refractivity contribution in [1.82, 2.24) is 0 Å². The summed E-state index contributed by atoms with van der Waals surface area (Å²) in [5.74, 6) is -0.506. The second-order valence-electron chi connectivity index (χ2n) is 7.81. The van der Waals surface area contributed by atoms with Gasteiger partial charge in [0.15, 0.2) is 4.91 Å². The first-order valence-corrected chi connectivity index (χ1v) is 11.5. The summed E-state index contributed by atoms with van der Waals surface area (Å²) in [6.07, 6.45) is 1.31. The van der Waals surface area contributed by atoms with Crippen molar-refractivity contribution in [2.24, 2.45) is 0 Å². The van der Waals surface area contributed by atoms with Gasteiger partial charge in [0.05, 0.1) is 12.2 Å². The topological polar surface area (TPSA) is 66.5 Å². The standard InChI is InChI=1S/C25H24N2O3S/c1-17-8-11-20(12-9-17)16-27-23-7-5-4-6-21(23)25(28)24(31(27,29)30)15-26-22-13-10-18(2)14-19(22)3/h4-15,26H,16H2,1-3H3/b24-15+. The van der Waals surface area contributed by atoms with Crippen LogP contribution in [-0.2, 0) is 16.6 Å². The quantitative estimate of drug-likeness (QED) is 0.583. The van der Waals surface area contributed by atoms with Crippen LogP contribution in [0.25, 0.3) is 0 Å². The molecule has 0 spiro atoms. The van der Waals surface area contributed by atoms with Gasteiger partial charge >= 0.3 is 0 Å². The Morgan fingerprint density at radius 3 is 2.29 bits per heavy atom. The van der Waals surface area contributed by atoms with Crippen molar-refractivity contribution in [3.05, 3.63) is 106 Å². The van der Waals surface area contributed by atoms with Gasteiger partial charge in [-0.3, -0.25) is 9.10 Å². The Bertz CT molecular complexity index is 1290. The first-order chi connectivity index (χ1) is 14.8. The molecule has 1 aliphatic rings. The summed E-state index contributed by atoms with van der Waals surface area (Å²) < 4.78 is 28.3. The third kappa shape index (κ3) is 3.99. The SMILES string of the molecule is Cc1ccc(CN2c3ccccc3C(=O)/C(=C\Nc3ccc(C)cc3C)S2(=O)=O)cc1. The lowest BCUT2D eigenvalue weighted by Gasteiger charge is -2.31. The third-order valence-corrected chi connectivity index (χ3v) is 7.16. The number of hydrogen-bond acceptors (Lipinski definition) is 4. The van der Waals surface area contributed by atoms with E-state index < -0.39 is 15.8 Å². The molecule has 3 aromatic rings. The van der Waals surface area contributed by atoms with E-state index in [0.717, 1.165) is 27.9 Å². The number of sulfonamides is 1. The number of nitrogens with zero attached hydrogens (tertiary/aromatic N) is 1. The molecule has 0 aromatic heterocycles. The fourth-order valence-corrected chi connectivity index (χ4v) is 5.20. The van der Waals surface area contributed by atoms with Crippen LogP contribution >= 0.6 is 0 Å². The molecular weight excluding hydrogens is 408 g/mol. The molecule has 5 nitrogen and oxygen atoms in total. The zero-order valence-electron chi connectivity index (χ0n) is 17.7. The second kappa shape index (κ2) is 8.04. The first-order valence-electron chi connectivity index (χ1n) is 10.0. The maximum Gasteiger partial charge on any atom is 0.270 e. The molecular formula is C25H24N2O3S. The Labute approximate surface area is 183 Å². The van der Waals surface area contributed by atoms with Gasteiger partial charge in [-0.05, 0) is 50.1 Å². The Hall–Kier alpha value is -3.38. The van der Waals surface area contributed by atoms with Crippen LogP contribution in [0.4, 0.5) is 11.4 Å². The van der Waals surface area contributed by atoms with Crippen molar-refractivity contribution in [3.63, 3.8) is 0 Å². The molecule has 0 bridgehead atoms. The molecule has 1 aliphatic heterocycles. The third-order valence-electron chi connectivity index (χ3n) is 5.40. The van der Waals surface area contributed by atoms with E-state index in [0.29, 0.717) is 11.3 Å². The number of nitrogens with one attached hydrogen (secondary N) is 1. The zero-order chi connectivity index (χ0) is 22.2. The number of hydrogen-bond donors (Lipinski definition) is 1. The van der Waals surface area contributed by atoms with Crippen molar-refractivity contribution in [2.45, 2.75) is 27.3 Å².